The van der Waals surface area contributed by atoms with Gasteiger partial charge in [0.05, 0.1) is 15.7 Å². The Kier molecular flexibility index (Phi) is 5.92. The molecule has 1 saturated heterocycles. The third-order valence-corrected chi connectivity index (χ3v) is 5.37. The number of aryl methyl sites for hydroxylation is 1. The summed E-state index contributed by atoms with van der Waals surface area (Å²) in [5, 5.41) is 6.65. The van der Waals surface area contributed by atoms with Gasteiger partial charge in [0.1, 0.15) is 6.04 Å². The van der Waals surface area contributed by atoms with E-state index in [1.807, 2.05) is 30.0 Å². The summed E-state index contributed by atoms with van der Waals surface area (Å²) in [4.78, 5) is 26.2. The fourth-order valence-corrected chi connectivity index (χ4v) is 3.46. The number of rotatable bonds is 5. The molecule has 5 nitrogen and oxygen atoms in total. The molecule has 1 heterocycles. The zero-order valence-corrected chi connectivity index (χ0v) is 16.7. The minimum Gasteiger partial charge on any atom is -0.374 e. The maximum Gasteiger partial charge on any atom is 0.246 e. The van der Waals surface area contributed by atoms with E-state index in [0.29, 0.717) is 22.2 Å². The molecule has 0 saturated carbocycles. The Morgan fingerprint density at radius 3 is 2.67 bits per heavy atom. The molecule has 2 aromatic rings. The van der Waals surface area contributed by atoms with Gasteiger partial charge in [-0.3, -0.25) is 9.59 Å². The summed E-state index contributed by atoms with van der Waals surface area (Å²) in [7, 11) is 0. The fourth-order valence-electron chi connectivity index (χ4n) is 3.11. The molecule has 1 aliphatic rings. The molecule has 2 N–H and O–H groups in total. The standard InChI is InChI=1S/C20H21Cl2N3O2/c1-12-11-14(8-9-17(12)25-10-4-7-18(25)26)23-13(2)20(27)24-16-6-3-5-15(21)19(16)22/h3,5-6,8-9,11,13,23H,4,7,10H2,1-2H3,(H,24,27)/t13-/m1/s1. The Bertz CT molecular complexity index is 886. The van der Waals surface area contributed by atoms with E-state index >= 15 is 0 Å². The Balaban J connectivity index is 1.67. The van der Waals surface area contributed by atoms with E-state index in [0.717, 1.165) is 29.9 Å². The second-order valence-corrected chi connectivity index (χ2v) is 7.39. The fraction of sp³-hybridized carbons (Fsp3) is 0.300. The van der Waals surface area contributed by atoms with E-state index < -0.39 is 6.04 Å². The van der Waals surface area contributed by atoms with Crippen molar-refractivity contribution in [2.24, 2.45) is 0 Å². The monoisotopic (exact) mass is 405 g/mol. The number of halogens is 2. The van der Waals surface area contributed by atoms with Crippen LogP contribution in [0.4, 0.5) is 17.1 Å². The average molecular weight is 406 g/mol. The molecular formula is C20H21Cl2N3O2. The van der Waals surface area contributed by atoms with Gasteiger partial charge in [0.15, 0.2) is 0 Å². The van der Waals surface area contributed by atoms with E-state index in [4.69, 9.17) is 23.2 Å². The van der Waals surface area contributed by atoms with Crippen LogP contribution in [0.2, 0.25) is 10.0 Å². The molecule has 1 atom stereocenters. The third-order valence-electron chi connectivity index (χ3n) is 4.55. The van der Waals surface area contributed by atoms with E-state index in [-0.39, 0.29) is 11.8 Å². The van der Waals surface area contributed by atoms with Crippen LogP contribution in [0.25, 0.3) is 0 Å². The van der Waals surface area contributed by atoms with Crippen LogP contribution in [0.3, 0.4) is 0 Å². The first-order chi connectivity index (χ1) is 12.9. The first kappa shape index (κ1) is 19.5. The minimum atomic E-state index is -0.487. The van der Waals surface area contributed by atoms with Gasteiger partial charge in [-0.25, -0.2) is 0 Å². The van der Waals surface area contributed by atoms with Crippen molar-refractivity contribution in [1.82, 2.24) is 0 Å². The summed E-state index contributed by atoms with van der Waals surface area (Å²) in [6, 6.07) is 10.3. The predicted molar refractivity (Wildman–Crippen MR) is 111 cm³/mol. The molecule has 2 amide bonds. The number of anilines is 3. The van der Waals surface area contributed by atoms with E-state index in [2.05, 4.69) is 10.6 Å². The van der Waals surface area contributed by atoms with Gasteiger partial charge in [-0.05, 0) is 56.2 Å². The highest BCUT2D eigenvalue weighted by molar-refractivity contribution is 6.44. The number of nitrogens with zero attached hydrogens (tertiary/aromatic N) is 1. The molecule has 142 valence electrons. The van der Waals surface area contributed by atoms with E-state index in [1.165, 1.54) is 0 Å². The summed E-state index contributed by atoms with van der Waals surface area (Å²) < 4.78 is 0. The molecule has 3 rings (SSSR count). The Labute approximate surface area is 168 Å². The lowest BCUT2D eigenvalue weighted by molar-refractivity contribution is -0.117. The van der Waals surface area contributed by atoms with Crippen molar-refractivity contribution in [1.29, 1.82) is 0 Å². The maximum absolute atomic E-state index is 12.5. The summed E-state index contributed by atoms with van der Waals surface area (Å²) in [5.41, 5.74) is 3.19. The molecule has 0 spiro atoms. The highest BCUT2D eigenvalue weighted by atomic mass is 35.5. The number of hydrogen-bond acceptors (Lipinski definition) is 3. The second-order valence-electron chi connectivity index (χ2n) is 6.61. The van der Waals surface area contributed by atoms with Gasteiger partial charge in [0.25, 0.3) is 0 Å². The Morgan fingerprint density at radius 1 is 1.22 bits per heavy atom. The Hall–Kier alpha value is -2.24. The predicted octanol–water partition coefficient (Wildman–Crippen LogP) is 4.87. The molecule has 7 heteroatoms. The molecule has 2 aromatic carbocycles. The lowest BCUT2D eigenvalue weighted by atomic mass is 10.1. The highest BCUT2D eigenvalue weighted by Crippen LogP contribution is 2.30. The molecule has 0 radical (unpaired) electrons. The van der Waals surface area contributed by atoms with Crippen molar-refractivity contribution in [3.8, 4) is 0 Å². The quantitative estimate of drug-likeness (QED) is 0.745. The first-order valence-electron chi connectivity index (χ1n) is 8.79. The van der Waals surface area contributed by atoms with Crippen molar-refractivity contribution in [3.05, 3.63) is 52.0 Å². The van der Waals surface area contributed by atoms with E-state index in [9.17, 15) is 9.59 Å². The van der Waals surface area contributed by atoms with Gasteiger partial charge in [0, 0.05) is 24.3 Å². The average Bonchev–Trinajstić information content (AvgIpc) is 3.05. The molecule has 0 aromatic heterocycles. The van der Waals surface area contributed by atoms with Crippen LogP contribution in [-0.4, -0.2) is 24.4 Å². The van der Waals surface area contributed by atoms with Crippen molar-refractivity contribution >= 4 is 52.1 Å². The molecule has 27 heavy (non-hydrogen) atoms. The van der Waals surface area contributed by atoms with Crippen LogP contribution >= 0.6 is 23.2 Å². The SMILES string of the molecule is Cc1cc(N[C@H](C)C(=O)Nc2cccc(Cl)c2Cl)ccc1N1CCCC1=O. The molecule has 0 aliphatic carbocycles. The molecule has 0 bridgehead atoms. The molecular weight excluding hydrogens is 385 g/mol. The van der Waals surface area contributed by atoms with Gasteiger partial charge in [-0.15, -0.1) is 0 Å². The maximum atomic E-state index is 12.5. The minimum absolute atomic E-state index is 0.157. The Morgan fingerprint density at radius 2 is 2.00 bits per heavy atom. The number of nitrogens with one attached hydrogen (secondary N) is 2. The number of hydrogen-bond donors (Lipinski definition) is 2. The van der Waals surface area contributed by atoms with Crippen LogP contribution in [-0.2, 0) is 9.59 Å². The molecule has 1 aliphatic heterocycles. The lowest BCUT2D eigenvalue weighted by Crippen LogP contribution is -2.32. The molecule has 0 unspecified atom stereocenters. The summed E-state index contributed by atoms with van der Waals surface area (Å²) in [5.74, 6) is -0.0689. The summed E-state index contributed by atoms with van der Waals surface area (Å²) in [6.45, 7) is 4.48. The van der Waals surface area contributed by atoms with Crippen LogP contribution in [0.1, 0.15) is 25.3 Å². The van der Waals surface area contributed by atoms with Crippen molar-refractivity contribution in [2.45, 2.75) is 32.7 Å². The van der Waals surface area contributed by atoms with Gasteiger partial charge in [-0.2, -0.15) is 0 Å². The van der Waals surface area contributed by atoms with Crippen molar-refractivity contribution in [3.63, 3.8) is 0 Å². The smallest absolute Gasteiger partial charge is 0.246 e. The van der Waals surface area contributed by atoms with Crippen molar-refractivity contribution < 1.29 is 9.59 Å². The third kappa shape index (κ3) is 4.37. The van der Waals surface area contributed by atoms with Crippen LogP contribution in [0, 0.1) is 6.92 Å². The number of carbonyl (C=O) groups excluding carboxylic acids is 2. The summed E-state index contributed by atoms with van der Waals surface area (Å²) in [6.07, 6.45) is 1.49. The first-order valence-corrected chi connectivity index (χ1v) is 9.55. The second kappa shape index (κ2) is 8.19. The highest BCUT2D eigenvalue weighted by Gasteiger charge is 2.23. The van der Waals surface area contributed by atoms with Gasteiger partial charge in [0.2, 0.25) is 11.8 Å². The number of carbonyl (C=O) groups is 2. The van der Waals surface area contributed by atoms with Crippen molar-refractivity contribution in [2.75, 3.05) is 22.1 Å². The topological polar surface area (TPSA) is 61.4 Å². The number of benzene rings is 2. The summed E-state index contributed by atoms with van der Waals surface area (Å²) >= 11 is 12.1. The lowest BCUT2D eigenvalue weighted by Gasteiger charge is -2.21. The molecule has 1 fully saturated rings. The van der Waals surface area contributed by atoms with Gasteiger partial charge < -0.3 is 15.5 Å². The normalized spacial score (nSPS) is 15.0. The van der Waals surface area contributed by atoms with Gasteiger partial charge in [-0.1, -0.05) is 29.3 Å². The largest absolute Gasteiger partial charge is 0.374 e. The zero-order chi connectivity index (χ0) is 19.6. The zero-order valence-electron chi connectivity index (χ0n) is 15.2. The van der Waals surface area contributed by atoms with Crippen LogP contribution in [0.5, 0.6) is 0 Å². The van der Waals surface area contributed by atoms with Gasteiger partial charge >= 0.3 is 0 Å². The van der Waals surface area contributed by atoms with Crippen LogP contribution < -0.4 is 15.5 Å². The van der Waals surface area contributed by atoms with E-state index in [1.54, 1.807) is 25.1 Å². The number of amides is 2. The van der Waals surface area contributed by atoms with Crippen LogP contribution in [0.15, 0.2) is 36.4 Å².